The van der Waals surface area contributed by atoms with Crippen LogP contribution in [0.2, 0.25) is 0 Å². The quantitative estimate of drug-likeness (QED) is 0.854. The second-order valence-electron chi connectivity index (χ2n) is 5.48. The van der Waals surface area contributed by atoms with Crippen molar-refractivity contribution in [1.29, 1.82) is 0 Å². The number of hydrogen-bond donors (Lipinski definition) is 2. The number of carboxylic acid groups (broad SMARTS) is 1. The molecule has 1 amide bonds. The van der Waals surface area contributed by atoms with Gasteiger partial charge in [-0.3, -0.25) is 0 Å². The molecule has 1 aromatic rings. The number of amides is 1. The molecule has 1 aromatic heterocycles. The molecule has 0 saturated heterocycles. The molecule has 0 bridgehead atoms. The maximum Gasteiger partial charge on any atom is 0.410 e. The minimum absolute atomic E-state index is 0.0651. The Hall–Kier alpha value is -2.15. The molecule has 0 unspecified atom stereocenters. The summed E-state index contributed by atoms with van der Waals surface area (Å²) < 4.78 is 5.25. The van der Waals surface area contributed by atoms with Gasteiger partial charge in [-0.25, -0.2) is 14.6 Å². The Balaban J connectivity index is 2.78. The molecule has 0 atom stereocenters. The van der Waals surface area contributed by atoms with Crippen LogP contribution in [0.25, 0.3) is 0 Å². The standard InChI is InChI=1S/C14H20N2O5/c1-14(2,3)21-13(20)16(6-7-17)9-10-4-5-11(12(18)19)15-8-10/h4-5,8,17H,6-7,9H2,1-3H3,(H,18,19). The number of carboxylic acids is 1. The Morgan fingerprint density at radius 2 is 2.00 bits per heavy atom. The summed E-state index contributed by atoms with van der Waals surface area (Å²) in [5.74, 6) is -1.11. The van der Waals surface area contributed by atoms with Crippen molar-refractivity contribution < 1.29 is 24.5 Å². The average molecular weight is 296 g/mol. The molecule has 1 rings (SSSR count). The highest BCUT2D eigenvalue weighted by Gasteiger charge is 2.22. The molecular formula is C14H20N2O5. The number of aromatic nitrogens is 1. The molecule has 21 heavy (non-hydrogen) atoms. The van der Waals surface area contributed by atoms with Crippen LogP contribution in [-0.4, -0.2) is 50.9 Å². The number of ether oxygens (including phenoxy) is 1. The molecule has 116 valence electrons. The van der Waals surface area contributed by atoms with Crippen molar-refractivity contribution in [3.63, 3.8) is 0 Å². The lowest BCUT2D eigenvalue weighted by molar-refractivity contribution is 0.0201. The molecule has 0 spiro atoms. The molecule has 0 saturated carbocycles. The van der Waals surface area contributed by atoms with E-state index in [0.717, 1.165) is 0 Å². The predicted octanol–water partition coefficient (Wildman–Crippen LogP) is 1.51. The van der Waals surface area contributed by atoms with Crippen molar-refractivity contribution in [3.8, 4) is 0 Å². The Kier molecular flexibility index (Phi) is 5.66. The van der Waals surface area contributed by atoms with Crippen LogP contribution in [0.15, 0.2) is 18.3 Å². The summed E-state index contributed by atoms with van der Waals surface area (Å²) in [6, 6.07) is 2.94. The zero-order valence-electron chi connectivity index (χ0n) is 12.4. The highest BCUT2D eigenvalue weighted by Crippen LogP contribution is 2.12. The fraction of sp³-hybridized carbons (Fsp3) is 0.500. The van der Waals surface area contributed by atoms with Gasteiger partial charge in [-0.05, 0) is 32.4 Å². The normalized spacial score (nSPS) is 11.0. The van der Waals surface area contributed by atoms with E-state index in [9.17, 15) is 9.59 Å². The van der Waals surface area contributed by atoms with Gasteiger partial charge in [-0.1, -0.05) is 6.07 Å². The summed E-state index contributed by atoms with van der Waals surface area (Å²) in [4.78, 5) is 27.8. The van der Waals surface area contributed by atoms with E-state index in [4.69, 9.17) is 14.9 Å². The Morgan fingerprint density at radius 3 is 2.43 bits per heavy atom. The molecule has 0 aliphatic heterocycles. The molecule has 0 aliphatic rings. The molecule has 0 aliphatic carbocycles. The van der Waals surface area contributed by atoms with Gasteiger partial charge in [-0.2, -0.15) is 0 Å². The Labute approximate surface area is 123 Å². The fourth-order valence-corrected chi connectivity index (χ4v) is 1.55. The summed E-state index contributed by atoms with van der Waals surface area (Å²) in [5.41, 5.74) is -0.0417. The van der Waals surface area contributed by atoms with E-state index in [-0.39, 0.29) is 25.4 Å². The number of aliphatic hydroxyl groups excluding tert-OH is 1. The van der Waals surface area contributed by atoms with Crippen LogP contribution < -0.4 is 0 Å². The predicted molar refractivity (Wildman–Crippen MR) is 74.9 cm³/mol. The van der Waals surface area contributed by atoms with Gasteiger partial charge in [0.15, 0.2) is 0 Å². The molecular weight excluding hydrogens is 276 g/mol. The van der Waals surface area contributed by atoms with E-state index in [2.05, 4.69) is 4.98 Å². The molecule has 2 N–H and O–H groups in total. The zero-order chi connectivity index (χ0) is 16.0. The van der Waals surface area contributed by atoms with Crippen LogP contribution in [-0.2, 0) is 11.3 Å². The molecule has 0 fully saturated rings. The second-order valence-corrected chi connectivity index (χ2v) is 5.48. The van der Waals surface area contributed by atoms with Crippen molar-refractivity contribution >= 4 is 12.1 Å². The molecule has 0 aromatic carbocycles. The molecule has 7 nitrogen and oxygen atoms in total. The SMILES string of the molecule is CC(C)(C)OC(=O)N(CCO)Cc1ccc(C(=O)O)nc1. The van der Waals surface area contributed by atoms with Crippen molar-refractivity contribution in [2.24, 2.45) is 0 Å². The first kappa shape index (κ1) is 16.9. The van der Waals surface area contributed by atoms with Crippen LogP contribution in [0.3, 0.4) is 0 Å². The summed E-state index contributed by atoms with van der Waals surface area (Å²) in [6.07, 6.45) is 0.844. The topological polar surface area (TPSA) is 100.0 Å². The number of aromatic carboxylic acids is 1. The van der Waals surface area contributed by atoms with Gasteiger partial charge in [-0.15, -0.1) is 0 Å². The van der Waals surface area contributed by atoms with E-state index in [1.54, 1.807) is 26.8 Å². The van der Waals surface area contributed by atoms with E-state index in [1.807, 2.05) is 0 Å². The summed E-state index contributed by atoms with van der Waals surface area (Å²) in [6.45, 7) is 5.37. The fourth-order valence-electron chi connectivity index (χ4n) is 1.55. The van der Waals surface area contributed by atoms with E-state index < -0.39 is 17.7 Å². The van der Waals surface area contributed by atoms with Crippen LogP contribution in [0.4, 0.5) is 4.79 Å². The number of carbonyl (C=O) groups is 2. The number of pyridine rings is 1. The first-order chi connectivity index (χ1) is 9.73. The van der Waals surface area contributed by atoms with Gasteiger partial charge in [0.25, 0.3) is 0 Å². The lowest BCUT2D eigenvalue weighted by Crippen LogP contribution is -2.38. The summed E-state index contributed by atoms with van der Waals surface area (Å²) >= 11 is 0. The average Bonchev–Trinajstić information content (AvgIpc) is 2.36. The van der Waals surface area contributed by atoms with E-state index >= 15 is 0 Å². The third kappa shape index (κ3) is 5.78. The number of carbonyl (C=O) groups excluding carboxylic acids is 1. The van der Waals surface area contributed by atoms with Gasteiger partial charge < -0.3 is 19.8 Å². The van der Waals surface area contributed by atoms with E-state index in [0.29, 0.717) is 5.56 Å². The summed E-state index contributed by atoms with van der Waals surface area (Å²) in [5, 5.41) is 17.8. The minimum Gasteiger partial charge on any atom is -0.477 e. The van der Waals surface area contributed by atoms with Gasteiger partial charge >= 0.3 is 12.1 Å². The van der Waals surface area contributed by atoms with Crippen molar-refractivity contribution in [2.45, 2.75) is 32.9 Å². The first-order valence-corrected chi connectivity index (χ1v) is 6.50. The first-order valence-electron chi connectivity index (χ1n) is 6.50. The maximum absolute atomic E-state index is 12.0. The highest BCUT2D eigenvalue weighted by molar-refractivity contribution is 5.85. The van der Waals surface area contributed by atoms with Gasteiger partial charge in [0.1, 0.15) is 11.3 Å². The van der Waals surface area contributed by atoms with Crippen LogP contribution >= 0.6 is 0 Å². The van der Waals surface area contributed by atoms with Crippen LogP contribution in [0.1, 0.15) is 36.8 Å². The number of aliphatic hydroxyl groups is 1. The summed E-state index contributed by atoms with van der Waals surface area (Å²) in [7, 11) is 0. The van der Waals surface area contributed by atoms with Gasteiger partial charge in [0, 0.05) is 12.7 Å². The highest BCUT2D eigenvalue weighted by atomic mass is 16.6. The van der Waals surface area contributed by atoms with Crippen molar-refractivity contribution in [3.05, 3.63) is 29.6 Å². The third-order valence-corrected chi connectivity index (χ3v) is 2.44. The lowest BCUT2D eigenvalue weighted by atomic mass is 10.2. The van der Waals surface area contributed by atoms with Crippen molar-refractivity contribution in [2.75, 3.05) is 13.2 Å². The number of hydrogen-bond acceptors (Lipinski definition) is 5. The Morgan fingerprint density at radius 1 is 1.33 bits per heavy atom. The zero-order valence-corrected chi connectivity index (χ0v) is 12.4. The molecule has 7 heteroatoms. The van der Waals surface area contributed by atoms with Crippen LogP contribution in [0, 0.1) is 0 Å². The largest absolute Gasteiger partial charge is 0.477 e. The molecule has 1 heterocycles. The maximum atomic E-state index is 12.0. The van der Waals surface area contributed by atoms with Gasteiger partial charge in [0.05, 0.1) is 13.2 Å². The third-order valence-electron chi connectivity index (χ3n) is 2.44. The number of rotatable bonds is 5. The Bertz CT molecular complexity index is 493. The lowest BCUT2D eigenvalue weighted by Gasteiger charge is -2.27. The second kappa shape index (κ2) is 7.03. The number of nitrogens with zero attached hydrogens (tertiary/aromatic N) is 2. The smallest absolute Gasteiger partial charge is 0.410 e. The molecule has 0 radical (unpaired) electrons. The minimum atomic E-state index is -1.11. The van der Waals surface area contributed by atoms with Crippen LogP contribution in [0.5, 0.6) is 0 Å². The van der Waals surface area contributed by atoms with E-state index in [1.165, 1.54) is 17.2 Å². The monoisotopic (exact) mass is 296 g/mol. The van der Waals surface area contributed by atoms with Gasteiger partial charge in [0.2, 0.25) is 0 Å². The van der Waals surface area contributed by atoms with Crippen molar-refractivity contribution in [1.82, 2.24) is 9.88 Å².